The van der Waals surface area contributed by atoms with Gasteiger partial charge in [-0.3, -0.25) is 0 Å². The first-order valence-corrected chi connectivity index (χ1v) is 9.12. The fourth-order valence-electron chi connectivity index (χ4n) is 2.78. The maximum absolute atomic E-state index is 8.78. The zero-order valence-corrected chi connectivity index (χ0v) is 15.7. The summed E-state index contributed by atoms with van der Waals surface area (Å²) in [5, 5.41) is 17.5. The van der Waals surface area contributed by atoms with Crippen molar-refractivity contribution in [2.24, 2.45) is 0 Å². The van der Waals surface area contributed by atoms with Gasteiger partial charge in [-0.15, -0.1) is 0 Å². The van der Waals surface area contributed by atoms with E-state index in [2.05, 4.69) is 17.9 Å². The van der Waals surface area contributed by atoms with Crippen molar-refractivity contribution in [3.8, 4) is 23.0 Å². The Bertz CT molecular complexity index is 880. The number of benzene rings is 3. The van der Waals surface area contributed by atoms with E-state index in [9.17, 15) is 0 Å². The second-order valence-electron chi connectivity index (χ2n) is 6.28. The second-order valence-corrected chi connectivity index (χ2v) is 6.28. The number of aryl methyl sites for hydroxylation is 1. The van der Waals surface area contributed by atoms with E-state index < -0.39 is 0 Å². The van der Waals surface area contributed by atoms with Gasteiger partial charge in [0.05, 0.1) is 0 Å². The summed E-state index contributed by atoms with van der Waals surface area (Å²) in [6.45, 7) is 2.85. The molecule has 0 bridgehead atoms. The molecule has 0 aromatic heterocycles. The van der Waals surface area contributed by atoms with Gasteiger partial charge >= 0.3 is 0 Å². The molecular weight excluding hydrogens is 356 g/mol. The third-order valence-corrected chi connectivity index (χ3v) is 4.30. The van der Waals surface area contributed by atoms with Crippen molar-refractivity contribution in [3.05, 3.63) is 83.4 Å². The Labute approximate surface area is 164 Å². The van der Waals surface area contributed by atoms with Gasteiger partial charge in [0, 0.05) is 19.2 Å². The maximum atomic E-state index is 8.78. The monoisotopic (exact) mass is 380 g/mol. The maximum Gasteiger partial charge on any atom is 0.134 e. The van der Waals surface area contributed by atoms with Crippen molar-refractivity contribution in [3.63, 3.8) is 0 Å². The lowest BCUT2D eigenvalue weighted by Crippen LogP contribution is -2.05. The van der Waals surface area contributed by atoms with Gasteiger partial charge < -0.3 is 19.9 Å². The molecule has 3 aromatic carbocycles. The van der Waals surface area contributed by atoms with Gasteiger partial charge in [-0.1, -0.05) is 37.3 Å². The predicted octanol–water partition coefficient (Wildman–Crippen LogP) is 4.79. The molecule has 146 valence electrons. The van der Waals surface area contributed by atoms with Crippen molar-refractivity contribution in [1.82, 2.24) is 11.0 Å². The van der Waals surface area contributed by atoms with Crippen LogP contribution < -0.4 is 20.4 Å². The van der Waals surface area contributed by atoms with Gasteiger partial charge in [0.2, 0.25) is 0 Å². The van der Waals surface area contributed by atoms with Crippen LogP contribution in [-0.2, 0) is 19.5 Å². The third kappa shape index (κ3) is 5.31. The van der Waals surface area contributed by atoms with Crippen LogP contribution in [0.4, 0.5) is 0 Å². The van der Waals surface area contributed by atoms with Crippen molar-refractivity contribution in [2.75, 3.05) is 0 Å². The van der Waals surface area contributed by atoms with Gasteiger partial charge in [-0.25, -0.2) is 11.0 Å². The summed E-state index contributed by atoms with van der Waals surface area (Å²) in [6, 6.07) is 20.8. The molecule has 6 nitrogen and oxygen atoms in total. The Balaban J connectivity index is 1.75. The molecule has 0 unspecified atom stereocenters. The number of hydroxylamine groups is 2. The van der Waals surface area contributed by atoms with Crippen LogP contribution in [0.15, 0.2) is 66.7 Å². The molecule has 0 saturated carbocycles. The van der Waals surface area contributed by atoms with Crippen LogP contribution in [0.25, 0.3) is 0 Å². The van der Waals surface area contributed by atoms with Crippen molar-refractivity contribution in [2.45, 2.75) is 26.4 Å². The first kappa shape index (κ1) is 19.9. The van der Waals surface area contributed by atoms with E-state index in [0.29, 0.717) is 24.6 Å². The minimum Gasteiger partial charge on any atom is -0.457 e. The molecule has 0 aliphatic heterocycles. The lowest BCUT2D eigenvalue weighted by atomic mass is 10.1. The Hall–Kier alpha value is -2.90. The van der Waals surface area contributed by atoms with E-state index in [1.165, 1.54) is 0 Å². The third-order valence-electron chi connectivity index (χ3n) is 4.30. The minimum absolute atomic E-state index is 0.386. The van der Waals surface area contributed by atoms with Crippen LogP contribution in [0.5, 0.6) is 23.0 Å². The molecule has 0 amide bonds. The Morgan fingerprint density at radius 2 is 1.18 bits per heavy atom. The normalized spacial score (nSPS) is 10.7. The fourth-order valence-corrected chi connectivity index (χ4v) is 2.78. The van der Waals surface area contributed by atoms with Crippen LogP contribution in [0, 0.1) is 0 Å². The van der Waals surface area contributed by atoms with Gasteiger partial charge in [0.25, 0.3) is 0 Å². The minimum atomic E-state index is 0.386. The summed E-state index contributed by atoms with van der Waals surface area (Å²) in [7, 11) is 0. The predicted molar refractivity (Wildman–Crippen MR) is 106 cm³/mol. The SMILES string of the molecule is CCc1ccc(Oc2ccc(CNO)cc2)cc1Oc1ccc(CNO)cc1. The molecule has 0 atom stereocenters. The molecule has 0 fully saturated rings. The quantitative estimate of drug-likeness (QED) is 0.400. The van der Waals surface area contributed by atoms with Crippen LogP contribution in [0.2, 0.25) is 0 Å². The highest BCUT2D eigenvalue weighted by molar-refractivity contribution is 5.45. The summed E-state index contributed by atoms with van der Waals surface area (Å²) in [4.78, 5) is 0. The second kappa shape index (κ2) is 9.87. The summed E-state index contributed by atoms with van der Waals surface area (Å²) < 4.78 is 12.0. The Morgan fingerprint density at radius 3 is 1.68 bits per heavy atom. The number of ether oxygens (including phenoxy) is 2. The van der Waals surface area contributed by atoms with Crippen LogP contribution in [0.1, 0.15) is 23.6 Å². The molecule has 6 heteroatoms. The number of hydrogen-bond donors (Lipinski definition) is 4. The molecule has 28 heavy (non-hydrogen) atoms. The molecule has 0 aliphatic rings. The van der Waals surface area contributed by atoms with Gasteiger partial charge in [0.1, 0.15) is 23.0 Å². The molecule has 0 radical (unpaired) electrons. The molecule has 0 spiro atoms. The van der Waals surface area contributed by atoms with Gasteiger partial charge in [-0.05, 0) is 53.4 Å². The lowest BCUT2D eigenvalue weighted by Gasteiger charge is -2.13. The van der Waals surface area contributed by atoms with Crippen molar-refractivity contribution < 1.29 is 19.9 Å². The zero-order chi connectivity index (χ0) is 19.8. The summed E-state index contributed by atoms with van der Waals surface area (Å²) in [6.07, 6.45) is 0.838. The fraction of sp³-hybridized carbons (Fsp3) is 0.182. The number of rotatable bonds is 9. The average Bonchev–Trinajstić information content (AvgIpc) is 2.72. The van der Waals surface area contributed by atoms with Crippen LogP contribution >= 0.6 is 0 Å². The molecule has 0 heterocycles. The lowest BCUT2D eigenvalue weighted by molar-refractivity contribution is 0.161. The highest BCUT2D eigenvalue weighted by atomic mass is 16.5. The van der Waals surface area contributed by atoms with Crippen molar-refractivity contribution in [1.29, 1.82) is 0 Å². The van der Waals surface area contributed by atoms with E-state index >= 15 is 0 Å². The largest absolute Gasteiger partial charge is 0.457 e. The zero-order valence-electron chi connectivity index (χ0n) is 15.7. The van der Waals surface area contributed by atoms with Crippen LogP contribution in [-0.4, -0.2) is 10.4 Å². The molecule has 4 N–H and O–H groups in total. The topological polar surface area (TPSA) is 83.0 Å². The first-order valence-electron chi connectivity index (χ1n) is 9.12. The summed E-state index contributed by atoms with van der Waals surface area (Å²) in [5.41, 5.74) is 7.27. The standard InChI is InChI=1S/C22H24N2O4/c1-2-18-7-12-21(27-19-8-3-16(4-9-19)14-23-25)13-22(18)28-20-10-5-17(6-11-20)15-24-26/h3-13,23-26H,2,14-15H2,1H3. The molecule has 0 saturated heterocycles. The smallest absolute Gasteiger partial charge is 0.134 e. The van der Waals surface area contributed by atoms with Crippen LogP contribution in [0.3, 0.4) is 0 Å². The molecule has 3 aromatic rings. The summed E-state index contributed by atoms with van der Waals surface area (Å²) >= 11 is 0. The Morgan fingerprint density at radius 1 is 0.679 bits per heavy atom. The average molecular weight is 380 g/mol. The van der Waals surface area contributed by atoms with E-state index in [0.717, 1.165) is 34.6 Å². The van der Waals surface area contributed by atoms with Gasteiger partial charge in [0.15, 0.2) is 0 Å². The molecule has 3 rings (SSSR count). The Kier molecular flexibility index (Phi) is 7.00. The number of nitrogens with one attached hydrogen (secondary N) is 2. The van der Waals surface area contributed by atoms with E-state index in [-0.39, 0.29) is 0 Å². The van der Waals surface area contributed by atoms with E-state index in [1.807, 2.05) is 66.7 Å². The van der Waals surface area contributed by atoms with Crippen molar-refractivity contribution >= 4 is 0 Å². The first-order chi connectivity index (χ1) is 13.7. The molecular formula is C22H24N2O4. The highest BCUT2D eigenvalue weighted by Crippen LogP contribution is 2.32. The molecule has 0 aliphatic carbocycles. The van der Waals surface area contributed by atoms with E-state index in [4.69, 9.17) is 19.9 Å². The van der Waals surface area contributed by atoms with Gasteiger partial charge in [-0.2, -0.15) is 0 Å². The van der Waals surface area contributed by atoms with E-state index in [1.54, 1.807) is 0 Å². The summed E-state index contributed by atoms with van der Waals surface area (Å²) in [5.74, 6) is 2.85. The highest BCUT2D eigenvalue weighted by Gasteiger charge is 2.08. The number of hydrogen-bond acceptors (Lipinski definition) is 6.